The van der Waals surface area contributed by atoms with Crippen molar-refractivity contribution in [3.05, 3.63) is 35.9 Å². The van der Waals surface area contributed by atoms with Gasteiger partial charge in [-0.1, -0.05) is 6.07 Å². The van der Waals surface area contributed by atoms with Gasteiger partial charge in [-0.2, -0.15) is 10.1 Å². The van der Waals surface area contributed by atoms with E-state index in [-0.39, 0.29) is 10.8 Å². The van der Waals surface area contributed by atoms with Crippen LogP contribution in [-0.4, -0.2) is 29.7 Å². The van der Waals surface area contributed by atoms with E-state index in [0.29, 0.717) is 25.1 Å². The van der Waals surface area contributed by atoms with Gasteiger partial charge in [-0.3, -0.25) is 0 Å². The maximum Gasteiger partial charge on any atom is 0.267 e. The number of aromatic nitrogens is 3. The number of aryl methyl sites for hydroxylation is 2. The molecular weight excluding hydrogens is 283 g/mol. The Morgan fingerprint density at radius 3 is 2.90 bits per heavy atom. The minimum Gasteiger partial charge on any atom is -0.234 e. The molecule has 1 aliphatic heterocycles. The largest absolute Gasteiger partial charge is 0.267 e. The molecule has 0 atom stereocenters. The van der Waals surface area contributed by atoms with Crippen LogP contribution in [0, 0.1) is 12.7 Å². The summed E-state index contributed by atoms with van der Waals surface area (Å²) < 4.78 is 41.5. The van der Waals surface area contributed by atoms with Gasteiger partial charge in [0.25, 0.3) is 10.0 Å². The predicted octanol–water partition coefficient (Wildman–Crippen LogP) is 1.32. The molecule has 0 fully saturated rings. The number of hydrogen-bond donors (Lipinski definition) is 0. The highest BCUT2D eigenvalue weighted by molar-refractivity contribution is 7.92. The zero-order chi connectivity index (χ0) is 14.3. The topological polar surface area (TPSA) is 68.1 Å². The van der Waals surface area contributed by atoms with Crippen molar-refractivity contribution in [2.24, 2.45) is 0 Å². The Morgan fingerprint density at radius 1 is 1.30 bits per heavy atom. The van der Waals surface area contributed by atoms with Crippen LogP contribution in [-0.2, 0) is 16.6 Å². The van der Waals surface area contributed by atoms with Gasteiger partial charge in [-0.15, -0.1) is 0 Å². The van der Waals surface area contributed by atoms with Gasteiger partial charge in [-0.25, -0.2) is 21.8 Å². The SMILES string of the molecule is Cc1ccc(F)cc1S(=O)(=O)N1CCCn2ncnc21. The zero-order valence-corrected chi connectivity index (χ0v) is 11.6. The van der Waals surface area contributed by atoms with Crippen LogP contribution in [0.2, 0.25) is 0 Å². The molecule has 2 heterocycles. The first-order chi connectivity index (χ1) is 9.50. The van der Waals surface area contributed by atoms with Crippen LogP contribution in [0.5, 0.6) is 0 Å². The molecule has 1 aliphatic rings. The molecule has 1 aromatic heterocycles. The third-order valence-electron chi connectivity index (χ3n) is 3.27. The molecule has 0 spiro atoms. The van der Waals surface area contributed by atoms with Crippen LogP contribution < -0.4 is 4.31 Å². The van der Waals surface area contributed by atoms with Gasteiger partial charge in [0.05, 0.1) is 4.90 Å². The Hall–Kier alpha value is -1.96. The number of benzene rings is 1. The van der Waals surface area contributed by atoms with E-state index in [0.717, 1.165) is 6.07 Å². The summed E-state index contributed by atoms with van der Waals surface area (Å²) in [6.45, 7) is 2.58. The van der Waals surface area contributed by atoms with Crippen LogP contribution in [0.15, 0.2) is 29.4 Å². The lowest BCUT2D eigenvalue weighted by Gasteiger charge is -2.27. The van der Waals surface area contributed by atoms with Gasteiger partial charge in [-0.05, 0) is 31.0 Å². The molecule has 1 aromatic carbocycles. The number of sulfonamides is 1. The van der Waals surface area contributed by atoms with Gasteiger partial charge in [0.2, 0.25) is 5.95 Å². The quantitative estimate of drug-likeness (QED) is 0.838. The molecule has 0 N–H and O–H groups in total. The summed E-state index contributed by atoms with van der Waals surface area (Å²) in [6, 6.07) is 3.74. The second kappa shape index (κ2) is 4.55. The Labute approximate surface area is 115 Å². The molecule has 8 heteroatoms. The van der Waals surface area contributed by atoms with E-state index >= 15 is 0 Å². The number of hydrogen-bond acceptors (Lipinski definition) is 4. The molecule has 106 valence electrons. The number of rotatable bonds is 2. The summed E-state index contributed by atoms with van der Waals surface area (Å²) >= 11 is 0. The monoisotopic (exact) mass is 296 g/mol. The Bertz CT molecular complexity index is 757. The smallest absolute Gasteiger partial charge is 0.234 e. The third-order valence-corrected chi connectivity index (χ3v) is 5.19. The van der Waals surface area contributed by atoms with E-state index in [2.05, 4.69) is 10.1 Å². The molecule has 20 heavy (non-hydrogen) atoms. The number of nitrogens with zero attached hydrogens (tertiary/aromatic N) is 4. The van der Waals surface area contributed by atoms with Gasteiger partial charge in [0.15, 0.2) is 0 Å². The van der Waals surface area contributed by atoms with Crippen LogP contribution in [0.3, 0.4) is 0 Å². The second-order valence-corrected chi connectivity index (χ2v) is 6.45. The summed E-state index contributed by atoms with van der Waals surface area (Å²) in [5.41, 5.74) is 0.503. The van der Waals surface area contributed by atoms with Crippen LogP contribution >= 0.6 is 0 Å². The maximum absolute atomic E-state index is 13.4. The molecule has 0 aliphatic carbocycles. The van der Waals surface area contributed by atoms with Crippen LogP contribution in [0.1, 0.15) is 12.0 Å². The molecular formula is C12H13FN4O2S. The van der Waals surface area contributed by atoms with E-state index in [1.807, 2.05) is 0 Å². The van der Waals surface area contributed by atoms with Crippen molar-refractivity contribution in [3.63, 3.8) is 0 Å². The van der Waals surface area contributed by atoms with E-state index in [9.17, 15) is 12.8 Å². The molecule has 3 rings (SSSR count). The van der Waals surface area contributed by atoms with E-state index in [1.165, 1.54) is 27.4 Å². The highest BCUT2D eigenvalue weighted by atomic mass is 32.2. The maximum atomic E-state index is 13.4. The lowest BCUT2D eigenvalue weighted by atomic mass is 10.2. The molecule has 6 nitrogen and oxygen atoms in total. The minimum absolute atomic E-state index is 0.0334. The average Bonchev–Trinajstić information content (AvgIpc) is 2.89. The van der Waals surface area contributed by atoms with Crippen LogP contribution in [0.25, 0.3) is 0 Å². The minimum atomic E-state index is -3.83. The molecule has 0 unspecified atom stereocenters. The van der Waals surface area contributed by atoms with Gasteiger partial charge < -0.3 is 0 Å². The fraction of sp³-hybridized carbons (Fsp3) is 0.333. The van der Waals surface area contributed by atoms with Gasteiger partial charge in [0.1, 0.15) is 12.1 Å². The van der Waals surface area contributed by atoms with Gasteiger partial charge >= 0.3 is 0 Å². The summed E-state index contributed by atoms with van der Waals surface area (Å²) in [7, 11) is -3.83. The molecule has 0 bridgehead atoms. The van der Waals surface area contributed by atoms with Crippen molar-refractivity contribution in [3.8, 4) is 0 Å². The van der Waals surface area contributed by atoms with E-state index in [1.54, 1.807) is 6.92 Å². The molecule has 2 aromatic rings. The predicted molar refractivity (Wildman–Crippen MR) is 70.3 cm³/mol. The highest BCUT2D eigenvalue weighted by Crippen LogP contribution is 2.27. The number of halogens is 1. The van der Waals surface area contributed by atoms with Crippen molar-refractivity contribution in [1.29, 1.82) is 0 Å². The Kier molecular flexibility index (Phi) is 2.97. The van der Waals surface area contributed by atoms with E-state index in [4.69, 9.17) is 0 Å². The first-order valence-electron chi connectivity index (χ1n) is 6.17. The molecule has 0 saturated carbocycles. The Balaban J connectivity index is 2.13. The first-order valence-corrected chi connectivity index (χ1v) is 7.61. The fourth-order valence-corrected chi connectivity index (χ4v) is 3.97. The van der Waals surface area contributed by atoms with Crippen molar-refractivity contribution in [1.82, 2.24) is 14.8 Å². The van der Waals surface area contributed by atoms with E-state index < -0.39 is 15.8 Å². The standard InChI is InChI=1S/C12H13FN4O2S/c1-9-3-4-10(13)7-11(9)20(18,19)17-6-2-5-16-12(17)14-8-15-16/h3-4,7-8H,2,5-6H2,1H3. The van der Waals surface area contributed by atoms with Crippen molar-refractivity contribution in [2.75, 3.05) is 10.8 Å². The normalized spacial score (nSPS) is 15.2. The third kappa shape index (κ3) is 1.96. The summed E-state index contributed by atoms with van der Waals surface area (Å²) in [5, 5.41) is 3.98. The highest BCUT2D eigenvalue weighted by Gasteiger charge is 2.32. The summed E-state index contributed by atoms with van der Waals surface area (Å²) in [5.74, 6) is -0.299. The number of fused-ring (bicyclic) bond motifs is 1. The lowest BCUT2D eigenvalue weighted by Crippen LogP contribution is -2.38. The van der Waals surface area contributed by atoms with Gasteiger partial charge in [0, 0.05) is 13.1 Å². The Morgan fingerprint density at radius 2 is 2.10 bits per heavy atom. The molecule has 0 amide bonds. The van der Waals surface area contributed by atoms with Crippen molar-refractivity contribution in [2.45, 2.75) is 24.8 Å². The molecule has 0 saturated heterocycles. The average molecular weight is 296 g/mol. The van der Waals surface area contributed by atoms with Crippen LogP contribution in [0.4, 0.5) is 10.3 Å². The first kappa shape index (κ1) is 13.0. The summed E-state index contributed by atoms with van der Waals surface area (Å²) in [6.07, 6.45) is 1.96. The number of anilines is 1. The lowest BCUT2D eigenvalue weighted by molar-refractivity contribution is 0.528. The molecule has 0 radical (unpaired) electrons. The second-order valence-electron chi connectivity index (χ2n) is 4.62. The van der Waals surface area contributed by atoms with Crippen molar-refractivity contribution < 1.29 is 12.8 Å². The van der Waals surface area contributed by atoms with Crippen molar-refractivity contribution >= 4 is 16.0 Å². The zero-order valence-electron chi connectivity index (χ0n) is 10.8. The fourth-order valence-electron chi connectivity index (χ4n) is 2.27. The summed E-state index contributed by atoms with van der Waals surface area (Å²) in [4.78, 5) is 3.95.